The summed E-state index contributed by atoms with van der Waals surface area (Å²) in [5.74, 6) is -1.35. The molecule has 1 fully saturated rings. The molecule has 0 aromatic heterocycles. The number of ether oxygens (including phenoxy) is 3. The lowest BCUT2D eigenvalue weighted by Crippen LogP contribution is -2.25. The Bertz CT molecular complexity index is 201. The van der Waals surface area contributed by atoms with Crippen molar-refractivity contribution in [2.45, 2.75) is 38.4 Å². The molecule has 1 rings (SSSR count). The molecule has 0 amide bonds. The van der Waals surface area contributed by atoms with E-state index in [4.69, 9.17) is 14.6 Å². The minimum Gasteiger partial charge on any atom is -0.432 e. The van der Waals surface area contributed by atoms with Gasteiger partial charge in [0.2, 0.25) is 5.79 Å². The van der Waals surface area contributed by atoms with Crippen molar-refractivity contribution < 1.29 is 24.1 Å². The number of carbonyl (C=O) groups is 1. The number of carbonyl (C=O) groups excluding carboxylic acids is 1. The van der Waals surface area contributed by atoms with E-state index in [2.05, 4.69) is 4.74 Å². The Kier molecular flexibility index (Phi) is 2.90. The summed E-state index contributed by atoms with van der Waals surface area (Å²) in [6.07, 6.45) is -1.63. The fourth-order valence-corrected chi connectivity index (χ4v) is 1.15. The van der Waals surface area contributed by atoms with Crippen LogP contribution in [0.2, 0.25) is 0 Å². The summed E-state index contributed by atoms with van der Waals surface area (Å²) in [5, 5.41) is 9.10. The highest BCUT2D eigenvalue weighted by atomic mass is 16.8. The largest absolute Gasteiger partial charge is 0.432 e. The van der Waals surface area contributed by atoms with Gasteiger partial charge < -0.3 is 19.3 Å². The Morgan fingerprint density at radius 3 is 2.69 bits per heavy atom. The van der Waals surface area contributed by atoms with Gasteiger partial charge in [0.05, 0.1) is 0 Å². The van der Waals surface area contributed by atoms with Crippen LogP contribution >= 0.6 is 0 Å². The van der Waals surface area contributed by atoms with Gasteiger partial charge in [-0.1, -0.05) is 0 Å². The van der Waals surface area contributed by atoms with Gasteiger partial charge in [-0.05, 0) is 0 Å². The molecule has 0 radical (unpaired) electrons. The van der Waals surface area contributed by atoms with Crippen LogP contribution in [0.25, 0.3) is 0 Å². The summed E-state index contributed by atoms with van der Waals surface area (Å²) in [6, 6.07) is 0. The molecule has 0 aromatic rings. The number of esters is 1. The summed E-state index contributed by atoms with van der Waals surface area (Å²) in [5.41, 5.74) is 0. The molecule has 1 saturated heterocycles. The minimum atomic E-state index is -0.994. The van der Waals surface area contributed by atoms with Crippen molar-refractivity contribution in [3.8, 4) is 0 Å². The van der Waals surface area contributed by atoms with Crippen LogP contribution in [0.5, 0.6) is 0 Å². The molecule has 0 aromatic carbocycles. The smallest absolute Gasteiger partial charge is 0.338 e. The highest BCUT2D eigenvalue weighted by Crippen LogP contribution is 2.26. The zero-order valence-corrected chi connectivity index (χ0v) is 7.94. The number of methoxy groups -OCH3 is 1. The second kappa shape index (κ2) is 3.61. The van der Waals surface area contributed by atoms with E-state index in [9.17, 15) is 4.79 Å². The Labute approximate surface area is 76.6 Å². The quantitative estimate of drug-likeness (QED) is 0.502. The number of rotatable bonds is 3. The Hall–Kier alpha value is -0.650. The zero-order valence-electron chi connectivity index (χ0n) is 7.94. The third-order valence-electron chi connectivity index (χ3n) is 1.72. The lowest BCUT2D eigenvalue weighted by molar-refractivity contribution is -0.163. The summed E-state index contributed by atoms with van der Waals surface area (Å²) in [4.78, 5) is 11.1. The normalized spacial score (nSPS) is 28.6. The molecule has 1 heterocycles. The standard InChI is InChI=1S/C8H14O5/c1-8(2)12-5(7(10)13-8)4-6(9)11-3/h5-6,9H,4H2,1-3H3/t5-,6?/m1/s1. The maximum Gasteiger partial charge on any atom is 0.338 e. The summed E-state index contributed by atoms with van der Waals surface area (Å²) in [7, 11) is 1.36. The first kappa shape index (κ1) is 10.4. The third kappa shape index (κ3) is 2.65. The van der Waals surface area contributed by atoms with Gasteiger partial charge in [-0.3, -0.25) is 0 Å². The molecule has 1 N–H and O–H groups in total. The molecule has 0 saturated carbocycles. The van der Waals surface area contributed by atoms with Crippen molar-refractivity contribution in [3.05, 3.63) is 0 Å². The minimum absolute atomic E-state index is 0.0960. The summed E-state index contributed by atoms with van der Waals surface area (Å²) >= 11 is 0. The molecule has 13 heavy (non-hydrogen) atoms. The highest BCUT2D eigenvalue weighted by molar-refractivity contribution is 5.76. The van der Waals surface area contributed by atoms with Gasteiger partial charge in [-0.15, -0.1) is 0 Å². The molecule has 0 aliphatic carbocycles. The van der Waals surface area contributed by atoms with Gasteiger partial charge in [-0.25, -0.2) is 4.79 Å². The first-order chi connectivity index (χ1) is 5.94. The van der Waals surface area contributed by atoms with Crippen LogP contribution in [-0.2, 0) is 19.0 Å². The van der Waals surface area contributed by atoms with E-state index in [0.29, 0.717) is 0 Å². The van der Waals surface area contributed by atoms with Crippen LogP contribution in [0.1, 0.15) is 20.3 Å². The molecule has 5 heteroatoms. The SMILES string of the molecule is COC(O)C[C@H]1OC(C)(C)OC1=O. The van der Waals surface area contributed by atoms with Gasteiger partial charge in [0.15, 0.2) is 12.4 Å². The van der Waals surface area contributed by atoms with E-state index < -0.39 is 24.2 Å². The molecule has 76 valence electrons. The number of cyclic esters (lactones) is 1. The summed E-state index contributed by atoms with van der Waals surface area (Å²) < 4.78 is 14.7. The van der Waals surface area contributed by atoms with Crippen molar-refractivity contribution in [1.82, 2.24) is 0 Å². The number of aliphatic hydroxyl groups is 1. The van der Waals surface area contributed by atoms with Crippen molar-refractivity contribution in [1.29, 1.82) is 0 Å². The Morgan fingerprint density at radius 1 is 1.69 bits per heavy atom. The molecule has 1 unspecified atom stereocenters. The van der Waals surface area contributed by atoms with Gasteiger partial charge in [-0.2, -0.15) is 0 Å². The number of hydrogen-bond acceptors (Lipinski definition) is 5. The zero-order chi connectivity index (χ0) is 10.1. The van der Waals surface area contributed by atoms with Crippen LogP contribution < -0.4 is 0 Å². The van der Waals surface area contributed by atoms with E-state index in [1.54, 1.807) is 13.8 Å². The average molecular weight is 190 g/mol. The fourth-order valence-electron chi connectivity index (χ4n) is 1.15. The van der Waals surface area contributed by atoms with Crippen LogP contribution in [0.3, 0.4) is 0 Å². The first-order valence-corrected chi connectivity index (χ1v) is 4.06. The van der Waals surface area contributed by atoms with Crippen LogP contribution in [0.15, 0.2) is 0 Å². The average Bonchev–Trinajstić information content (AvgIpc) is 2.24. The maximum absolute atomic E-state index is 11.1. The molecular weight excluding hydrogens is 176 g/mol. The molecule has 1 aliphatic heterocycles. The van der Waals surface area contributed by atoms with Gasteiger partial charge in [0.1, 0.15) is 0 Å². The monoisotopic (exact) mass is 190 g/mol. The molecule has 0 bridgehead atoms. The van der Waals surface area contributed by atoms with Crippen LogP contribution in [0, 0.1) is 0 Å². The Balaban J connectivity index is 2.49. The van der Waals surface area contributed by atoms with Crippen molar-refractivity contribution in [3.63, 3.8) is 0 Å². The molecular formula is C8H14O5. The predicted octanol–water partition coefficient (Wildman–Crippen LogP) is 0.0194. The van der Waals surface area contributed by atoms with E-state index in [-0.39, 0.29) is 6.42 Å². The second-order valence-electron chi connectivity index (χ2n) is 3.35. The van der Waals surface area contributed by atoms with Gasteiger partial charge >= 0.3 is 5.97 Å². The first-order valence-electron chi connectivity index (χ1n) is 4.06. The third-order valence-corrected chi connectivity index (χ3v) is 1.72. The van der Waals surface area contributed by atoms with E-state index in [1.165, 1.54) is 7.11 Å². The lowest BCUT2D eigenvalue weighted by Gasteiger charge is -2.16. The van der Waals surface area contributed by atoms with Crippen molar-refractivity contribution in [2.75, 3.05) is 7.11 Å². The lowest BCUT2D eigenvalue weighted by atomic mass is 10.2. The van der Waals surface area contributed by atoms with E-state index in [1.807, 2.05) is 0 Å². The van der Waals surface area contributed by atoms with E-state index in [0.717, 1.165) is 0 Å². The fraction of sp³-hybridized carbons (Fsp3) is 0.875. The van der Waals surface area contributed by atoms with Crippen LogP contribution in [0.4, 0.5) is 0 Å². The maximum atomic E-state index is 11.1. The number of hydrogen-bond donors (Lipinski definition) is 1. The molecule has 0 spiro atoms. The van der Waals surface area contributed by atoms with Crippen molar-refractivity contribution in [2.24, 2.45) is 0 Å². The second-order valence-corrected chi connectivity index (χ2v) is 3.35. The van der Waals surface area contributed by atoms with Crippen molar-refractivity contribution >= 4 is 5.97 Å². The Morgan fingerprint density at radius 2 is 2.31 bits per heavy atom. The van der Waals surface area contributed by atoms with Crippen LogP contribution in [-0.4, -0.2) is 36.4 Å². The molecule has 5 nitrogen and oxygen atoms in total. The predicted molar refractivity (Wildman–Crippen MR) is 42.7 cm³/mol. The molecule has 2 atom stereocenters. The summed E-state index contributed by atoms with van der Waals surface area (Å²) in [6.45, 7) is 3.29. The van der Waals surface area contributed by atoms with Gasteiger partial charge in [0, 0.05) is 27.4 Å². The van der Waals surface area contributed by atoms with Gasteiger partial charge in [0.25, 0.3) is 0 Å². The van der Waals surface area contributed by atoms with E-state index >= 15 is 0 Å². The molecule has 1 aliphatic rings. The number of aliphatic hydroxyl groups excluding tert-OH is 1. The topological polar surface area (TPSA) is 65.0 Å². The highest BCUT2D eigenvalue weighted by Gasteiger charge is 2.41.